The van der Waals surface area contributed by atoms with Gasteiger partial charge in [-0.25, -0.2) is 0 Å². The Bertz CT molecular complexity index is 341. The SMILES string of the molecule is CC[C@@H](Oc1ccccc1Cl)C(=O)NC. The molecule has 0 fully saturated rings. The number of rotatable bonds is 4. The van der Waals surface area contributed by atoms with Gasteiger partial charge in [-0.2, -0.15) is 0 Å². The molecule has 15 heavy (non-hydrogen) atoms. The van der Waals surface area contributed by atoms with Crippen LogP contribution in [0.25, 0.3) is 0 Å². The van der Waals surface area contributed by atoms with E-state index in [9.17, 15) is 4.79 Å². The Morgan fingerprint density at radius 2 is 2.20 bits per heavy atom. The fourth-order valence-corrected chi connectivity index (χ4v) is 1.36. The molecule has 4 heteroatoms. The number of likely N-dealkylation sites (N-methyl/N-ethyl adjacent to an activating group) is 1. The fourth-order valence-electron chi connectivity index (χ4n) is 1.18. The zero-order valence-electron chi connectivity index (χ0n) is 8.79. The topological polar surface area (TPSA) is 38.3 Å². The van der Waals surface area contributed by atoms with Gasteiger partial charge in [0.1, 0.15) is 5.75 Å². The Kier molecular flexibility index (Phi) is 4.43. The molecule has 82 valence electrons. The van der Waals surface area contributed by atoms with Crippen molar-refractivity contribution >= 4 is 17.5 Å². The molecule has 0 spiro atoms. The summed E-state index contributed by atoms with van der Waals surface area (Å²) < 4.78 is 5.50. The molecule has 0 bridgehead atoms. The lowest BCUT2D eigenvalue weighted by Gasteiger charge is -2.16. The summed E-state index contributed by atoms with van der Waals surface area (Å²) in [6.07, 6.45) is 0.111. The number of nitrogens with one attached hydrogen (secondary N) is 1. The van der Waals surface area contributed by atoms with E-state index >= 15 is 0 Å². The Balaban J connectivity index is 2.75. The molecular weight excluding hydrogens is 214 g/mol. The number of hydrogen-bond acceptors (Lipinski definition) is 2. The molecule has 0 saturated carbocycles. The van der Waals surface area contributed by atoms with Crippen molar-refractivity contribution in [1.82, 2.24) is 5.32 Å². The third-order valence-electron chi connectivity index (χ3n) is 2.02. The van der Waals surface area contributed by atoms with Crippen LogP contribution in [0.15, 0.2) is 24.3 Å². The van der Waals surface area contributed by atoms with Crippen LogP contribution < -0.4 is 10.1 Å². The summed E-state index contributed by atoms with van der Waals surface area (Å²) in [5, 5.41) is 3.06. The quantitative estimate of drug-likeness (QED) is 0.857. The van der Waals surface area contributed by atoms with Crippen molar-refractivity contribution in [3.05, 3.63) is 29.3 Å². The number of benzene rings is 1. The van der Waals surface area contributed by atoms with Crippen molar-refractivity contribution in [2.45, 2.75) is 19.4 Å². The summed E-state index contributed by atoms with van der Waals surface area (Å²) in [7, 11) is 1.58. The largest absolute Gasteiger partial charge is 0.479 e. The van der Waals surface area contributed by atoms with Crippen LogP contribution in [-0.2, 0) is 4.79 Å². The van der Waals surface area contributed by atoms with Crippen LogP contribution in [0.2, 0.25) is 5.02 Å². The molecule has 3 nitrogen and oxygen atoms in total. The van der Waals surface area contributed by atoms with E-state index < -0.39 is 6.10 Å². The minimum Gasteiger partial charge on any atom is -0.479 e. The molecular formula is C11H14ClNO2. The van der Waals surface area contributed by atoms with Crippen molar-refractivity contribution in [2.24, 2.45) is 0 Å². The predicted molar refractivity (Wildman–Crippen MR) is 60.2 cm³/mol. The first kappa shape index (κ1) is 11.9. The van der Waals surface area contributed by atoms with Crippen LogP contribution in [-0.4, -0.2) is 19.1 Å². The molecule has 0 aromatic heterocycles. The number of halogens is 1. The van der Waals surface area contributed by atoms with Crippen LogP contribution in [0.1, 0.15) is 13.3 Å². The van der Waals surface area contributed by atoms with Gasteiger partial charge in [0.05, 0.1) is 5.02 Å². The highest BCUT2D eigenvalue weighted by Crippen LogP contribution is 2.24. The van der Waals surface area contributed by atoms with E-state index in [4.69, 9.17) is 16.3 Å². The monoisotopic (exact) mass is 227 g/mol. The van der Waals surface area contributed by atoms with Crippen LogP contribution >= 0.6 is 11.6 Å². The highest BCUT2D eigenvalue weighted by molar-refractivity contribution is 6.32. The van der Waals surface area contributed by atoms with Gasteiger partial charge in [0.25, 0.3) is 5.91 Å². The smallest absolute Gasteiger partial charge is 0.260 e. The summed E-state index contributed by atoms with van der Waals surface area (Å²) in [6, 6.07) is 7.11. The average Bonchev–Trinajstić information content (AvgIpc) is 2.27. The van der Waals surface area contributed by atoms with Crippen molar-refractivity contribution in [3.63, 3.8) is 0 Å². The lowest BCUT2D eigenvalue weighted by molar-refractivity contribution is -0.127. The van der Waals surface area contributed by atoms with E-state index in [0.717, 1.165) is 0 Å². The van der Waals surface area contributed by atoms with Crippen LogP contribution in [0.5, 0.6) is 5.75 Å². The van der Waals surface area contributed by atoms with E-state index in [2.05, 4.69) is 5.32 Å². The fraction of sp³-hybridized carbons (Fsp3) is 0.364. The maximum absolute atomic E-state index is 11.4. The third kappa shape index (κ3) is 3.13. The molecule has 0 unspecified atom stereocenters. The predicted octanol–water partition coefficient (Wildman–Crippen LogP) is 2.24. The molecule has 0 saturated heterocycles. The molecule has 1 rings (SSSR count). The molecule has 1 aromatic carbocycles. The second-order valence-electron chi connectivity index (χ2n) is 3.06. The normalized spacial score (nSPS) is 11.9. The Morgan fingerprint density at radius 3 is 2.73 bits per heavy atom. The molecule has 1 amide bonds. The van der Waals surface area contributed by atoms with Crippen molar-refractivity contribution in [1.29, 1.82) is 0 Å². The van der Waals surface area contributed by atoms with E-state index in [1.54, 1.807) is 19.2 Å². The zero-order valence-corrected chi connectivity index (χ0v) is 9.54. The van der Waals surface area contributed by atoms with Gasteiger partial charge < -0.3 is 10.1 Å². The van der Waals surface area contributed by atoms with Crippen LogP contribution in [0.4, 0.5) is 0 Å². The van der Waals surface area contributed by atoms with Crippen LogP contribution in [0, 0.1) is 0 Å². The second kappa shape index (κ2) is 5.61. The van der Waals surface area contributed by atoms with Gasteiger partial charge in [0.2, 0.25) is 0 Å². The Morgan fingerprint density at radius 1 is 1.53 bits per heavy atom. The Labute approximate surface area is 94.4 Å². The standard InChI is InChI=1S/C11H14ClNO2/c1-3-9(11(14)13-2)15-10-7-5-4-6-8(10)12/h4-7,9H,3H2,1-2H3,(H,13,14)/t9-/m1/s1. The summed E-state index contributed by atoms with van der Waals surface area (Å²) in [6.45, 7) is 1.89. The van der Waals surface area contributed by atoms with Gasteiger partial charge in [-0.1, -0.05) is 30.7 Å². The summed E-state index contributed by atoms with van der Waals surface area (Å²) in [4.78, 5) is 11.4. The summed E-state index contributed by atoms with van der Waals surface area (Å²) >= 11 is 5.92. The molecule has 0 aliphatic rings. The number of para-hydroxylation sites is 1. The van der Waals surface area contributed by atoms with Gasteiger partial charge >= 0.3 is 0 Å². The second-order valence-corrected chi connectivity index (χ2v) is 3.47. The number of amides is 1. The van der Waals surface area contributed by atoms with Gasteiger partial charge in [-0.15, -0.1) is 0 Å². The number of carbonyl (C=O) groups excluding carboxylic acids is 1. The molecule has 0 aliphatic heterocycles. The minimum atomic E-state index is -0.491. The highest BCUT2D eigenvalue weighted by Gasteiger charge is 2.17. The first-order valence-electron chi connectivity index (χ1n) is 4.81. The average molecular weight is 228 g/mol. The minimum absolute atomic E-state index is 0.141. The molecule has 1 N–H and O–H groups in total. The van der Waals surface area contributed by atoms with Gasteiger partial charge in [0, 0.05) is 7.05 Å². The van der Waals surface area contributed by atoms with Crippen molar-refractivity contribution in [3.8, 4) is 5.75 Å². The van der Waals surface area contributed by atoms with E-state index in [1.807, 2.05) is 19.1 Å². The Hall–Kier alpha value is -1.22. The molecule has 0 radical (unpaired) electrons. The van der Waals surface area contributed by atoms with E-state index in [1.165, 1.54) is 0 Å². The zero-order chi connectivity index (χ0) is 11.3. The lowest BCUT2D eigenvalue weighted by Crippen LogP contribution is -2.35. The van der Waals surface area contributed by atoms with Gasteiger partial charge in [-0.3, -0.25) is 4.79 Å². The molecule has 1 atom stereocenters. The highest BCUT2D eigenvalue weighted by atomic mass is 35.5. The molecule has 1 aromatic rings. The number of hydrogen-bond donors (Lipinski definition) is 1. The van der Waals surface area contributed by atoms with Gasteiger partial charge in [0.15, 0.2) is 6.10 Å². The van der Waals surface area contributed by atoms with Crippen LogP contribution in [0.3, 0.4) is 0 Å². The van der Waals surface area contributed by atoms with Crippen molar-refractivity contribution < 1.29 is 9.53 Å². The van der Waals surface area contributed by atoms with Gasteiger partial charge in [-0.05, 0) is 18.6 Å². The third-order valence-corrected chi connectivity index (χ3v) is 2.33. The lowest BCUT2D eigenvalue weighted by atomic mass is 10.2. The molecule has 0 aliphatic carbocycles. The number of carbonyl (C=O) groups is 1. The van der Waals surface area contributed by atoms with E-state index in [-0.39, 0.29) is 5.91 Å². The number of ether oxygens (including phenoxy) is 1. The molecule has 0 heterocycles. The van der Waals surface area contributed by atoms with E-state index in [0.29, 0.717) is 17.2 Å². The maximum Gasteiger partial charge on any atom is 0.260 e. The summed E-state index contributed by atoms with van der Waals surface area (Å²) in [5.74, 6) is 0.395. The van der Waals surface area contributed by atoms with Crippen molar-refractivity contribution in [2.75, 3.05) is 7.05 Å². The first-order valence-corrected chi connectivity index (χ1v) is 5.19. The summed E-state index contributed by atoms with van der Waals surface area (Å²) in [5.41, 5.74) is 0. The first-order chi connectivity index (χ1) is 7.19. The maximum atomic E-state index is 11.4.